The van der Waals surface area contributed by atoms with Crippen LogP contribution in [0.2, 0.25) is 0 Å². The Morgan fingerprint density at radius 3 is 2.20 bits per heavy atom. The maximum absolute atomic E-state index is 4.42. The van der Waals surface area contributed by atoms with Crippen molar-refractivity contribution in [2.45, 2.75) is 0 Å². The summed E-state index contributed by atoms with van der Waals surface area (Å²) in [5, 5.41) is 4.42. The lowest BCUT2D eigenvalue weighted by atomic mass is 10.1. The van der Waals surface area contributed by atoms with Crippen LogP contribution in [0.25, 0.3) is 22.5 Å². The second-order valence-corrected chi connectivity index (χ2v) is 4.73. The van der Waals surface area contributed by atoms with E-state index in [2.05, 4.69) is 58.3 Å². The first-order chi connectivity index (χ1) is 9.92. The number of benzene rings is 2. The quantitative estimate of drug-likeness (QED) is 0.537. The van der Waals surface area contributed by atoms with Crippen LogP contribution in [0.15, 0.2) is 79.3 Å². The molecule has 0 atom stereocenters. The van der Waals surface area contributed by atoms with E-state index in [-0.39, 0.29) is 0 Å². The number of hydrogen-bond donors (Lipinski definition) is 0. The maximum atomic E-state index is 4.42. The molecule has 0 unspecified atom stereocenters. The third kappa shape index (κ3) is 1.72. The smallest absolute Gasteiger partial charge is 0.140 e. The van der Waals surface area contributed by atoms with Crippen molar-refractivity contribution in [1.82, 2.24) is 14.2 Å². The molecular weight excluding hydrogens is 246 g/mol. The normalized spacial score (nSPS) is 11.0. The summed E-state index contributed by atoms with van der Waals surface area (Å²) in [5.41, 5.74) is 4.57. The average Bonchev–Trinajstić information content (AvgIpc) is 3.09. The summed E-state index contributed by atoms with van der Waals surface area (Å²) in [6.07, 6.45) is 3.91. The van der Waals surface area contributed by atoms with Gasteiger partial charge in [-0.2, -0.15) is 5.10 Å². The van der Waals surface area contributed by atoms with Gasteiger partial charge in [0.25, 0.3) is 0 Å². The van der Waals surface area contributed by atoms with E-state index >= 15 is 0 Å². The molecule has 0 aliphatic carbocycles. The SMILES string of the molecule is c1ccc(-c2cc3n(-c4ccccc4)cnn3c2)cc1. The van der Waals surface area contributed by atoms with Crippen LogP contribution in [-0.2, 0) is 0 Å². The van der Waals surface area contributed by atoms with Crippen LogP contribution in [0.1, 0.15) is 0 Å². The Balaban J connectivity index is 1.88. The number of rotatable bonds is 2. The molecule has 0 fully saturated rings. The summed E-state index contributed by atoms with van der Waals surface area (Å²) in [5.74, 6) is 0. The van der Waals surface area contributed by atoms with E-state index in [1.165, 1.54) is 11.1 Å². The van der Waals surface area contributed by atoms with Crippen molar-refractivity contribution < 1.29 is 0 Å². The molecule has 0 bridgehead atoms. The fraction of sp³-hybridized carbons (Fsp3) is 0. The number of nitrogens with zero attached hydrogens (tertiary/aromatic N) is 3. The van der Waals surface area contributed by atoms with Crippen molar-refractivity contribution in [3.05, 3.63) is 79.3 Å². The summed E-state index contributed by atoms with van der Waals surface area (Å²) < 4.78 is 4.00. The number of fused-ring (bicyclic) bond motifs is 1. The fourth-order valence-corrected chi connectivity index (χ4v) is 2.46. The molecule has 0 amide bonds. The molecule has 2 aromatic carbocycles. The molecule has 0 spiro atoms. The third-order valence-corrected chi connectivity index (χ3v) is 3.46. The summed E-state index contributed by atoms with van der Waals surface area (Å²) in [4.78, 5) is 0. The van der Waals surface area contributed by atoms with Gasteiger partial charge in [0.05, 0.1) is 0 Å². The van der Waals surface area contributed by atoms with Gasteiger partial charge in [-0.15, -0.1) is 0 Å². The van der Waals surface area contributed by atoms with Gasteiger partial charge >= 0.3 is 0 Å². The Kier molecular flexibility index (Phi) is 2.42. The highest BCUT2D eigenvalue weighted by molar-refractivity contribution is 5.69. The molecule has 0 saturated heterocycles. The van der Waals surface area contributed by atoms with Crippen LogP contribution in [0.4, 0.5) is 0 Å². The standard InChI is InChI=1S/C17H13N3/c1-3-7-14(8-4-1)15-11-17-19(13-18-20(17)12-15)16-9-5-2-6-10-16/h1-13H. The minimum Gasteiger partial charge on any atom is -0.284 e. The highest BCUT2D eigenvalue weighted by Gasteiger charge is 2.08. The van der Waals surface area contributed by atoms with E-state index in [1.807, 2.05) is 35.1 Å². The molecule has 20 heavy (non-hydrogen) atoms. The number of hydrogen-bond acceptors (Lipinski definition) is 1. The molecule has 3 heteroatoms. The minimum atomic E-state index is 1.06. The molecule has 0 N–H and O–H groups in total. The average molecular weight is 259 g/mol. The lowest BCUT2D eigenvalue weighted by Gasteiger charge is -2.01. The van der Waals surface area contributed by atoms with Gasteiger partial charge in [0.2, 0.25) is 0 Å². The summed E-state index contributed by atoms with van der Waals surface area (Å²) in [6.45, 7) is 0. The van der Waals surface area contributed by atoms with Crippen LogP contribution in [0.5, 0.6) is 0 Å². The Morgan fingerprint density at radius 2 is 1.45 bits per heavy atom. The molecule has 2 aromatic heterocycles. The second kappa shape index (κ2) is 4.38. The van der Waals surface area contributed by atoms with E-state index in [0.29, 0.717) is 0 Å². The van der Waals surface area contributed by atoms with Crippen LogP contribution < -0.4 is 0 Å². The van der Waals surface area contributed by atoms with Gasteiger partial charge in [0.1, 0.15) is 12.0 Å². The predicted octanol–water partition coefficient (Wildman–Crippen LogP) is 3.79. The molecule has 0 saturated carbocycles. The van der Waals surface area contributed by atoms with Crippen molar-refractivity contribution in [1.29, 1.82) is 0 Å². The Morgan fingerprint density at radius 1 is 0.750 bits per heavy atom. The van der Waals surface area contributed by atoms with Gasteiger partial charge < -0.3 is 0 Å². The highest BCUT2D eigenvalue weighted by Crippen LogP contribution is 2.23. The van der Waals surface area contributed by atoms with E-state index in [4.69, 9.17) is 0 Å². The molecular formula is C17H13N3. The zero-order valence-electron chi connectivity index (χ0n) is 10.8. The van der Waals surface area contributed by atoms with E-state index in [9.17, 15) is 0 Å². The van der Waals surface area contributed by atoms with Gasteiger partial charge in [-0.1, -0.05) is 48.5 Å². The molecule has 0 radical (unpaired) electrons. The van der Waals surface area contributed by atoms with Gasteiger partial charge in [0.15, 0.2) is 0 Å². The Labute approximate surface area is 116 Å². The largest absolute Gasteiger partial charge is 0.284 e. The summed E-state index contributed by atoms with van der Waals surface area (Å²) >= 11 is 0. The fourth-order valence-electron chi connectivity index (χ4n) is 2.46. The zero-order valence-corrected chi connectivity index (χ0v) is 10.8. The monoisotopic (exact) mass is 259 g/mol. The van der Waals surface area contributed by atoms with Crippen molar-refractivity contribution in [3.63, 3.8) is 0 Å². The summed E-state index contributed by atoms with van der Waals surface area (Å²) in [6, 6.07) is 22.8. The van der Waals surface area contributed by atoms with Crippen molar-refractivity contribution in [3.8, 4) is 16.8 Å². The van der Waals surface area contributed by atoms with Gasteiger partial charge in [-0.05, 0) is 23.8 Å². The summed E-state index contributed by atoms with van der Waals surface area (Å²) in [7, 11) is 0. The van der Waals surface area contributed by atoms with Crippen molar-refractivity contribution in [2.24, 2.45) is 0 Å². The Hall–Kier alpha value is -2.81. The molecule has 2 heterocycles. The first-order valence-electron chi connectivity index (χ1n) is 6.58. The molecule has 4 rings (SSSR count). The second-order valence-electron chi connectivity index (χ2n) is 4.73. The predicted molar refractivity (Wildman–Crippen MR) is 80.0 cm³/mol. The molecule has 0 aliphatic heterocycles. The molecule has 0 aliphatic rings. The van der Waals surface area contributed by atoms with E-state index in [1.54, 1.807) is 0 Å². The van der Waals surface area contributed by atoms with E-state index in [0.717, 1.165) is 11.3 Å². The maximum Gasteiger partial charge on any atom is 0.140 e. The van der Waals surface area contributed by atoms with Gasteiger partial charge in [0, 0.05) is 17.4 Å². The zero-order chi connectivity index (χ0) is 13.4. The van der Waals surface area contributed by atoms with Crippen LogP contribution in [0.3, 0.4) is 0 Å². The lowest BCUT2D eigenvalue weighted by Crippen LogP contribution is -1.90. The van der Waals surface area contributed by atoms with Gasteiger partial charge in [-0.25, -0.2) is 4.52 Å². The molecule has 96 valence electrons. The topological polar surface area (TPSA) is 22.2 Å². The van der Waals surface area contributed by atoms with Crippen LogP contribution >= 0.6 is 0 Å². The third-order valence-electron chi connectivity index (χ3n) is 3.46. The lowest BCUT2D eigenvalue weighted by molar-refractivity contribution is 0.975. The molecule has 4 aromatic rings. The first kappa shape index (κ1) is 11.1. The number of aromatic nitrogens is 3. The van der Waals surface area contributed by atoms with Crippen molar-refractivity contribution in [2.75, 3.05) is 0 Å². The Bertz CT molecular complexity index is 842. The van der Waals surface area contributed by atoms with Crippen molar-refractivity contribution >= 4 is 5.65 Å². The van der Waals surface area contributed by atoms with Gasteiger partial charge in [-0.3, -0.25) is 4.57 Å². The van der Waals surface area contributed by atoms with Crippen LogP contribution in [0, 0.1) is 0 Å². The highest BCUT2D eigenvalue weighted by atomic mass is 15.3. The first-order valence-corrected chi connectivity index (χ1v) is 6.58. The van der Waals surface area contributed by atoms with E-state index < -0.39 is 0 Å². The minimum absolute atomic E-state index is 1.06. The van der Waals surface area contributed by atoms with Crippen LogP contribution in [-0.4, -0.2) is 14.2 Å². The number of para-hydroxylation sites is 1. The molecule has 3 nitrogen and oxygen atoms in total.